The van der Waals surface area contributed by atoms with E-state index in [9.17, 15) is 9.59 Å². The smallest absolute Gasteiger partial charge is 0.330 e. The lowest BCUT2D eigenvalue weighted by molar-refractivity contribution is -0.139. The third kappa shape index (κ3) is 6.41. The molecular formula is C41H34O4. The number of carbonyl (C=O) groups excluding carboxylic acids is 2. The quantitative estimate of drug-likeness (QED) is 0.0652. The number of ether oxygens (including phenoxy) is 2. The molecule has 0 fully saturated rings. The standard InChI is InChI=1S/C41H34O4/c1-3-40(42)44-22-10-9-13-28-14-11-16-30(23-28)36-25-38-35-21-8-6-19-33(35)37(26-39(38)34-20-7-5-18-32(34)36)31-17-12-15-29(24-31)27-45-41(43)4-2/h3-8,11-12,14-21,23-26H,1-2,9-10,13,22,27H2. The van der Waals surface area contributed by atoms with E-state index in [0.29, 0.717) is 6.61 Å². The Morgan fingerprint density at radius 3 is 1.62 bits per heavy atom. The summed E-state index contributed by atoms with van der Waals surface area (Å²) in [6.45, 7) is 7.53. The number of carbonyl (C=O) groups is 2. The third-order valence-corrected chi connectivity index (χ3v) is 8.18. The van der Waals surface area contributed by atoms with Crippen LogP contribution in [0.15, 0.2) is 135 Å². The van der Waals surface area contributed by atoms with E-state index in [2.05, 4.69) is 110 Å². The Balaban J connectivity index is 1.43. The van der Waals surface area contributed by atoms with Gasteiger partial charge in [-0.3, -0.25) is 0 Å². The summed E-state index contributed by atoms with van der Waals surface area (Å²) >= 11 is 0. The molecule has 4 nitrogen and oxygen atoms in total. The molecule has 0 heterocycles. The molecule has 0 spiro atoms. The first-order valence-electron chi connectivity index (χ1n) is 15.2. The predicted molar refractivity (Wildman–Crippen MR) is 184 cm³/mol. The molecule has 0 saturated heterocycles. The second kappa shape index (κ2) is 13.4. The van der Waals surface area contributed by atoms with Gasteiger partial charge in [0.2, 0.25) is 0 Å². The van der Waals surface area contributed by atoms with E-state index >= 15 is 0 Å². The molecule has 0 amide bonds. The summed E-state index contributed by atoms with van der Waals surface area (Å²) in [6.07, 6.45) is 5.02. The number of fused-ring (bicyclic) bond motifs is 5. The van der Waals surface area contributed by atoms with Gasteiger partial charge in [0.15, 0.2) is 0 Å². The predicted octanol–water partition coefficient (Wildman–Crippen LogP) is 9.76. The first-order valence-corrected chi connectivity index (χ1v) is 15.2. The fourth-order valence-electron chi connectivity index (χ4n) is 6.03. The van der Waals surface area contributed by atoms with Crippen LogP contribution < -0.4 is 0 Å². The summed E-state index contributed by atoms with van der Waals surface area (Å²) in [5, 5.41) is 7.14. The van der Waals surface area contributed by atoms with E-state index in [1.165, 1.54) is 55.8 Å². The van der Waals surface area contributed by atoms with E-state index in [1.54, 1.807) is 0 Å². The van der Waals surface area contributed by atoms with Gasteiger partial charge < -0.3 is 9.47 Å². The maximum Gasteiger partial charge on any atom is 0.330 e. The van der Waals surface area contributed by atoms with Crippen molar-refractivity contribution in [2.24, 2.45) is 0 Å². The SMILES string of the molecule is C=CC(=O)OCCCCc1cccc(-c2cc3c4ccccc4c(-c4cccc(COC(=O)C=C)c4)cc3c3ccccc23)c1. The summed E-state index contributed by atoms with van der Waals surface area (Å²) < 4.78 is 10.4. The lowest BCUT2D eigenvalue weighted by Crippen LogP contribution is -2.02. The number of benzene rings is 6. The molecule has 4 heteroatoms. The van der Waals surface area contributed by atoms with Gasteiger partial charge in [-0.2, -0.15) is 0 Å². The Kier molecular flexibility index (Phi) is 8.84. The summed E-state index contributed by atoms with van der Waals surface area (Å²) in [4.78, 5) is 23.0. The van der Waals surface area contributed by atoms with Gasteiger partial charge in [0.05, 0.1) is 6.61 Å². The zero-order valence-corrected chi connectivity index (χ0v) is 25.1. The highest BCUT2D eigenvalue weighted by Gasteiger charge is 2.15. The van der Waals surface area contributed by atoms with Crippen LogP contribution >= 0.6 is 0 Å². The summed E-state index contributed by atoms with van der Waals surface area (Å²) in [5.41, 5.74) is 6.76. The van der Waals surface area contributed by atoms with Gasteiger partial charge in [0, 0.05) is 12.2 Å². The van der Waals surface area contributed by atoms with Crippen LogP contribution in [-0.4, -0.2) is 18.5 Å². The van der Waals surface area contributed by atoms with Gasteiger partial charge in [-0.1, -0.05) is 104 Å². The summed E-state index contributed by atoms with van der Waals surface area (Å²) in [7, 11) is 0. The second-order valence-corrected chi connectivity index (χ2v) is 11.1. The van der Waals surface area contributed by atoms with Crippen LogP contribution in [0.2, 0.25) is 0 Å². The van der Waals surface area contributed by atoms with Crippen LogP contribution in [0.3, 0.4) is 0 Å². The van der Waals surface area contributed by atoms with Gasteiger partial charge in [-0.25, -0.2) is 9.59 Å². The van der Waals surface area contributed by atoms with Crippen LogP contribution in [0, 0.1) is 0 Å². The van der Waals surface area contributed by atoms with E-state index < -0.39 is 5.97 Å². The average Bonchev–Trinajstić information content (AvgIpc) is 3.09. The van der Waals surface area contributed by atoms with Crippen molar-refractivity contribution in [2.75, 3.05) is 6.61 Å². The fraction of sp³-hybridized carbons (Fsp3) is 0.122. The van der Waals surface area contributed by atoms with Crippen molar-refractivity contribution in [3.63, 3.8) is 0 Å². The first kappa shape index (κ1) is 29.6. The molecule has 6 aromatic rings. The molecule has 0 aliphatic carbocycles. The van der Waals surface area contributed by atoms with Gasteiger partial charge in [0.25, 0.3) is 0 Å². The van der Waals surface area contributed by atoms with Crippen molar-refractivity contribution in [1.29, 1.82) is 0 Å². The highest BCUT2D eigenvalue weighted by atomic mass is 16.5. The molecule has 0 aliphatic heterocycles. The summed E-state index contributed by atoms with van der Waals surface area (Å²) in [5.74, 6) is -0.809. The molecule has 222 valence electrons. The molecular weight excluding hydrogens is 556 g/mol. The first-order chi connectivity index (χ1) is 22.1. The van der Waals surface area contributed by atoms with Crippen molar-refractivity contribution in [3.05, 3.63) is 146 Å². The minimum absolute atomic E-state index is 0.193. The largest absolute Gasteiger partial charge is 0.463 e. The maximum absolute atomic E-state index is 11.7. The van der Waals surface area contributed by atoms with Crippen LogP contribution in [0.1, 0.15) is 24.0 Å². The van der Waals surface area contributed by atoms with Crippen molar-refractivity contribution in [1.82, 2.24) is 0 Å². The number of unbranched alkanes of at least 4 members (excludes halogenated alkanes) is 1. The monoisotopic (exact) mass is 590 g/mol. The van der Waals surface area contributed by atoms with E-state index in [4.69, 9.17) is 9.47 Å². The zero-order chi connectivity index (χ0) is 31.2. The van der Waals surface area contributed by atoms with Crippen molar-refractivity contribution >= 4 is 44.3 Å². The van der Waals surface area contributed by atoms with Crippen molar-refractivity contribution in [3.8, 4) is 22.3 Å². The van der Waals surface area contributed by atoms with Gasteiger partial charge in [-0.15, -0.1) is 0 Å². The van der Waals surface area contributed by atoms with Crippen LogP contribution in [0.5, 0.6) is 0 Å². The maximum atomic E-state index is 11.7. The molecule has 0 aliphatic rings. The Morgan fingerprint density at radius 2 is 1.04 bits per heavy atom. The lowest BCUT2D eigenvalue weighted by atomic mass is 9.87. The van der Waals surface area contributed by atoms with Gasteiger partial charge in [-0.05, 0) is 103 Å². The van der Waals surface area contributed by atoms with Crippen LogP contribution in [0.25, 0.3) is 54.6 Å². The molecule has 0 saturated carbocycles. The highest BCUT2D eigenvalue weighted by molar-refractivity contribution is 6.23. The minimum Gasteiger partial charge on any atom is -0.463 e. The number of rotatable bonds is 11. The van der Waals surface area contributed by atoms with E-state index in [0.717, 1.165) is 41.3 Å². The topological polar surface area (TPSA) is 52.6 Å². The molecule has 0 atom stereocenters. The molecule has 6 rings (SSSR count). The molecule has 45 heavy (non-hydrogen) atoms. The van der Waals surface area contributed by atoms with Crippen LogP contribution in [0.4, 0.5) is 0 Å². The fourth-order valence-corrected chi connectivity index (χ4v) is 6.03. The molecule has 6 aromatic carbocycles. The Hall–Kier alpha value is -5.48. The lowest BCUT2D eigenvalue weighted by Gasteiger charge is -2.17. The Morgan fingerprint density at radius 1 is 0.533 bits per heavy atom. The third-order valence-electron chi connectivity index (χ3n) is 8.18. The van der Waals surface area contributed by atoms with E-state index in [-0.39, 0.29) is 12.6 Å². The normalized spacial score (nSPS) is 11.0. The van der Waals surface area contributed by atoms with E-state index in [1.807, 2.05) is 12.1 Å². The second-order valence-electron chi connectivity index (χ2n) is 11.1. The summed E-state index contributed by atoms with van der Waals surface area (Å²) in [6, 6.07) is 38.7. The average molecular weight is 591 g/mol. The molecule has 0 N–H and O–H groups in total. The van der Waals surface area contributed by atoms with Crippen LogP contribution in [-0.2, 0) is 32.1 Å². The molecule has 0 bridgehead atoms. The van der Waals surface area contributed by atoms with Crippen molar-refractivity contribution in [2.45, 2.75) is 25.9 Å². The molecule has 0 aromatic heterocycles. The van der Waals surface area contributed by atoms with Gasteiger partial charge >= 0.3 is 11.9 Å². The number of aryl methyl sites for hydroxylation is 1. The van der Waals surface area contributed by atoms with Gasteiger partial charge in [0.1, 0.15) is 6.61 Å². The Labute approximate surface area is 263 Å². The minimum atomic E-state index is -0.434. The number of hydrogen-bond donors (Lipinski definition) is 0. The zero-order valence-electron chi connectivity index (χ0n) is 25.1. The Bertz CT molecular complexity index is 2070. The van der Waals surface area contributed by atoms with Crippen molar-refractivity contribution < 1.29 is 19.1 Å². The number of hydrogen-bond acceptors (Lipinski definition) is 4. The number of esters is 2. The molecule has 0 unspecified atom stereocenters. The molecule has 0 radical (unpaired) electrons. The highest BCUT2D eigenvalue weighted by Crippen LogP contribution is 2.42.